The number of piperidine rings is 1. The molecule has 0 unspecified atom stereocenters. The molecule has 0 saturated carbocycles. The average molecular weight is 604 g/mol. The van der Waals surface area contributed by atoms with E-state index >= 15 is 0 Å². The number of hydrogen-bond acceptors (Lipinski definition) is 8. The van der Waals surface area contributed by atoms with E-state index in [0.717, 1.165) is 55.5 Å². The molecule has 1 N–H and O–H groups in total. The van der Waals surface area contributed by atoms with Gasteiger partial charge in [-0.25, -0.2) is 4.98 Å². The lowest BCUT2D eigenvalue weighted by molar-refractivity contribution is 0.128. The number of pyridine rings is 1. The van der Waals surface area contributed by atoms with Gasteiger partial charge in [0.25, 0.3) is 0 Å². The van der Waals surface area contributed by atoms with Crippen LogP contribution in [-0.4, -0.2) is 63.1 Å². The zero-order valence-electron chi connectivity index (χ0n) is 23.2. The van der Waals surface area contributed by atoms with Crippen LogP contribution in [0.2, 0.25) is 5.02 Å². The fourth-order valence-electron chi connectivity index (χ4n) is 5.71. The molecule has 0 atom stereocenters. The van der Waals surface area contributed by atoms with Crippen LogP contribution in [-0.2, 0) is 7.05 Å². The second-order valence-electron chi connectivity index (χ2n) is 10.7. The Balaban J connectivity index is 1.10. The van der Waals surface area contributed by atoms with Gasteiger partial charge in [-0.3, -0.25) is 4.98 Å². The molecule has 6 rings (SSSR count). The highest BCUT2D eigenvalue weighted by molar-refractivity contribution is 7.99. The predicted molar refractivity (Wildman–Crippen MR) is 170 cm³/mol. The van der Waals surface area contributed by atoms with E-state index in [0.29, 0.717) is 10.6 Å². The van der Waals surface area contributed by atoms with Gasteiger partial charge in [0.05, 0.1) is 26.5 Å². The van der Waals surface area contributed by atoms with Crippen molar-refractivity contribution < 1.29 is 0 Å². The number of nitriles is 1. The fraction of sp³-hybridized carbons (Fsp3) is 0.387. The van der Waals surface area contributed by atoms with Gasteiger partial charge < -0.3 is 19.7 Å². The Morgan fingerprint density at radius 3 is 2.73 bits per heavy atom. The van der Waals surface area contributed by atoms with Crippen LogP contribution >= 0.6 is 34.7 Å². The highest BCUT2D eigenvalue weighted by Gasteiger charge is 2.25. The number of aromatic nitrogens is 3. The molecule has 0 spiro atoms. The van der Waals surface area contributed by atoms with Crippen molar-refractivity contribution in [3.05, 3.63) is 64.4 Å². The van der Waals surface area contributed by atoms with Crippen LogP contribution in [0.5, 0.6) is 0 Å². The molecule has 5 heterocycles. The smallest absolute Gasteiger partial charge is 0.172 e. The highest BCUT2D eigenvalue weighted by Crippen LogP contribution is 2.38. The van der Waals surface area contributed by atoms with E-state index in [1.165, 1.54) is 63.6 Å². The zero-order chi connectivity index (χ0) is 28.2. The lowest BCUT2D eigenvalue weighted by atomic mass is 10.0. The lowest BCUT2D eigenvalue weighted by Crippen LogP contribution is -2.43. The fourth-order valence-corrected chi connectivity index (χ4v) is 7.87. The number of aryl methyl sites for hydroxylation is 1. The summed E-state index contributed by atoms with van der Waals surface area (Å²) < 4.78 is 2.93. The van der Waals surface area contributed by atoms with E-state index in [2.05, 4.69) is 49.4 Å². The van der Waals surface area contributed by atoms with Crippen molar-refractivity contribution in [1.29, 1.82) is 5.26 Å². The van der Waals surface area contributed by atoms with Crippen molar-refractivity contribution in [3.63, 3.8) is 0 Å². The molecular formula is C31H34ClN7S2. The summed E-state index contributed by atoms with van der Waals surface area (Å²) in [6.07, 6.45) is 16.2. The van der Waals surface area contributed by atoms with Gasteiger partial charge in [0.15, 0.2) is 5.16 Å². The number of benzene rings is 1. The van der Waals surface area contributed by atoms with Crippen molar-refractivity contribution in [2.75, 3.05) is 38.0 Å². The van der Waals surface area contributed by atoms with Gasteiger partial charge in [0.2, 0.25) is 0 Å². The first-order chi connectivity index (χ1) is 20.1. The van der Waals surface area contributed by atoms with Crippen molar-refractivity contribution in [1.82, 2.24) is 24.3 Å². The third kappa shape index (κ3) is 6.63. The van der Waals surface area contributed by atoms with E-state index in [1.54, 1.807) is 23.7 Å². The first-order valence-electron chi connectivity index (χ1n) is 14.2. The van der Waals surface area contributed by atoms with Crippen LogP contribution in [0.25, 0.3) is 16.3 Å². The molecule has 10 heteroatoms. The molecule has 0 amide bonds. The Hall–Kier alpha value is -2.87. The molecule has 3 aromatic heterocycles. The molecule has 2 aliphatic rings. The molecule has 2 fully saturated rings. The first kappa shape index (κ1) is 28.3. The highest BCUT2D eigenvalue weighted by atomic mass is 35.5. The minimum absolute atomic E-state index is 0.509. The van der Waals surface area contributed by atoms with Crippen LogP contribution in [0.3, 0.4) is 0 Å². The Kier molecular flexibility index (Phi) is 8.94. The second kappa shape index (κ2) is 13.0. The summed E-state index contributed by atoms with van der Waals surface area (Å²) in [6.45, 7) is 6.13. The van der Waals surface area contributed by atoms with Crippen molar-refractivity contribution in [3.8, 4) is 6.07 Å². The summed E-state index contributed by atoms with van der Waals surface area (Å²) in [7, 11) is 1.96. The molecule has 0 radical (unpaired) electrons. The van der Waals surface area contributed by atoms with Gasteiger partial charge in [-0.05, 0) is 88.6 Å². The molecule has 2 saturated heterocycles. The van der Waals surface area contributed by atoms with Crippen molar-refractivity contribution in [2.45, 2.75) is 48.2 Å². The third-order valence-corrected chi connectivity index (χ3v) is 10.7. The number of imidazole rings is 1. The SMILES string of the molecule is Cn1ccnc1Sc1ccc(Nc2c(C#N)cnc3cc(/C=C/CCN4CCC(N5CCCC5)CC4)sc23)cc1Cl. The Morgan fingerprint density at radius 2 is 2.00 bits per heavy atom. The van der Waals surface area contributed by atoms with Crippen molar-refractivity contribution >= 4 is 62.4 Å². The summed E-state index contributed by atoms with van der Waals surface area (Å²) in [5, 5.41) is 14.8. The van der Waals surface area contributed by atoms with Crippen LogP contribution in [0.1, 0.15) is 42.5 Å². The van der Waals surface area contributed by atoms with E-state index < -0.39 is 0 Å². The molecule has 0 bridgehead atoms. The maximum Gasteiger partial charge on any atom is 0.172 e. The number of hydrogen-bond donors (Lipinski definition) is 1. The Bertz CT molecular complexity index is 1570. The van der Waals surface area contributed by atoms with Gasteiger partial charge in [-0.2, -0.15) is 5.26 Å². The zero-order valence-corrected chi connectivity index (χ0v) is 25.6. The molecule has 1 aromatic carbocycles. The van der Waals surface area contributed by atoms with E-state index in [1.807, 2.05) is 36.0 Å². The monoisotopic (exact) mass is 603 g/mol. The third-order valence-electron chi connectivity index (χ3n) is 7.97. The number of nitrogens with one attached hydrogen (secondary N) is 1. The van der Waals surface area contributed by atoms with E-state index in [4.69, 9.17) is 11.6 Å². The summed E-state index contributed by atoms with van der Waals surface area (Å²) in [5.41, 5.74) is 2.98. The lowest BCUT2D eigenvalue weighted by Gasteiger charge is -2.36. The van der Waals surface area contributed by atoms with Gasteiger partial charge in [-0.15, -0.1) is 11.3 Å². The summed E-state index contributed by atoms with van der Waals surface area (Å²) >= 11 is 9.81. The Morgan fingerprint density at radius 1 is 1.17 bits per heavy atom. The van der Waals surface area contributed by atoms with Crippen molar-refractivity contribution in [2.24, 2.45) is 7.05 Å². The molecular weight excluding hydrogens is 570 g/mol. The topological polar surface area (TPSA) is 73.0 Å². The van der Waals surface area contributed by atoms with Gasteiger partial charge in [0.1, 0.15) is 6.07 Å². The van der Waals surface area contributed by atoms with Gasteiger partial charge in [0, 0.05) is 53.7 Å². The van der Waals surface area contributed by atoms with E-state index in [9.17, 15) is 5.26 Å². The number of likely N-dealkylation sites (tertiary alicyclic amines) is 2. The molecule has 212 valence electrons. The van der Waals surface area contributed by atoms with Gasteiger partial charge in [-0.1, -0.05) is 29.4 Å². The molecule has 2 aliphatic heterocycles. The summed E-state index contributed by atoms with van der Waals surface area (Å²) in [6, 6.07) is 11.0. The molecule has 7 nitrogen and oxygen atoms in total. The minimum Gasteiger partial charge on any atom is -0.353 e. The predicted octanol–water partition coefficient (Wildman–Crippen LogP) is 7.41. The quantitative estimate of drug-likeness (QED) is 0.213. The maximum absolute atomic E-state index is 9.82. The maximum atomic E-state index is 9.82. The summed E-state index contributed by atoms with van der Waals surface area (Å²) in [5.74, 6) is 0. The number of thiophene rings is 1. The van der Waals surface area contributed by atoms with E-state index in [-0.39, 0.29) is 0 Å². The molecule has 0 aliphatic carbocycles. The number of nitrogens with zero attached hydrogens (tertiary/aromatic N) is 6. The average Bonchev–Trinajstić information content (AvgIpc) is 3.75. The molecule has 4 aromatic rings. The van der Waals surface area contributed by atoms with Crippen LogP contribution < -0.4 is 5.32 Å². The largest absolute Gasteiger partial charge is 0.353 e. The van der Waals surface area contributed by atoms with Crippen LogP contribution in [0.4, 0.5) is 11.4 Å². The number of anilines is 2. The second-order valence-corrected chi connectivity index (χ2v) is 13.2. The summed E-state index contributed by atoms with van der Waals surface area (Å²) in [4.78, 5) is 16.3. The van der Waals surface area contributed by atoms with Gasteiger partial charge >= 0.3 is 0 Å². The van der Waals surface area contributed by atoms with Crippen LogP contribution in [0.15, 0.2) is 59.0 Å². The minimum atomic E-state index is 0.509. The number of rotatable bonds is 9. The Labute approximate surface area is 254 Å². The number of halogens is 1. The molecule has 41 heavy (non-hydrogen) atoms. The van der Waals surface area contributed by atoms with Crippen LogP contribution in [0, 0.1) is 11.3 Å². The first-order valence-corrected chi connectivity index (χ1v) is 16.3. The standard InChI is InChI=1S/C31H34ClN7S2/c1-37-17-11-34-31(37)41-28-8-7-23(18-26(28)32)36-29-22(20-33)21-35-27-19-25(40-30(27)29)6-2-3-12-38-15-9-24(10-16-38)39-13-4-5-14-39/h2,6-8,11,17-19,21,24H,3-5,9-10,12-16H2,1H3,(H,35,36)/b6-2+. The normalized spacial score (nSPS) is 17.1. The number of fused-ring (bicyclic) bond motifs is 1.